The van der Waals surface area contributed by atoms with Crippen molar-refractivity contribution in [2.75, 3.05) is 12.4 Å². The third-order valence-corrected chi connectivity index (χ3v) is 4.20. The second-order valence-corrected chi connectivity index (χ2v) is 5.96. The molecule has 0 atom stereocenters. The average molecular weight is 326 g/mol. The highest BCUT2D eigenvalue weighted by molar-refractivity contribution is 5.93. The zero-order valence-corrected chi connectivity index (χ0v) is 13.8. The van der Waals surface area contributed by atoms with Gasteiger partial charge >= 0.3 is 0 Å². The third-order valence-electron chi connectivity index (χ3n) is 4.20. The van der Waals surface area contributed by atoms with E-state index in [0.717, 1.165) is 24.3 Å². The first-order chi connectivity index (χ1) is 11.7. The fourth-order valence-electron chi connectivity index (χ4n) is 2.83. The molecule has 6 nitrogen and oxygen atoms in total. The van der Waals surface area contributed by atoms with Crippen molar-refractivity contribution in [3.05, 3.63) is 42.2 Å². The Bertz CT molecular complexity index is 664. The molecule has 6 heteroatoms. The van der Waals surface area contributed by atoms with Gasteiger partial charge in [-0.2, -0.15) is 0 Å². The van der Waals surface area contributed by atoms with Crippen molar-refractivity contribution in [2.45, 2.75) is 38.1 Å². The second kappa shape index (κ2) is 7.77. The number of carbonyl (C=O) groups is 1. The molecule has 0 aliphatic heterocycles. The molecule has 1 aliphatic rings. The second-order valence-electron chi connectivity index (χ2n) is 5.96. The summed E-state index contributed by atoms with van der Waals surface area (Å²) in [6.45, 7) is 0. The summed E-state index contributed by atoms with van der Waals surface area (Å²) >= 11 is 0. The number of hydrogen-bond acceptors (Lipinski definition) is 5. The van der Waals surface area contributed by atoms with Crippen molar-refractivity contribution >= 4 is 17.5 Å². The van der Waals surface area contributed by atoms with E-state index in [0.29, 0.717) is 11.5 Å². The average Bonchev–Trinajstić information content (AvgIpc) is 2.64. The van der Waals surface area contributed by atoms with Crippen LogP contribution in [0.2, 0.25) is 0 Å². The van der Waals surface area contributed by atoms with E-state index in [1.807, 2.05) is 24.3 Å². The van der Waals surface area contributed by atoms with E-state index >= 15 is 0 Å². The number of rotatable bonds is 5. The van der Waals surface area contributed by atoms with Crippen LogP contribution in [0.15, 0.2) is 36.7 Å². The van der Waals surface area contributed by atoms with Crippen LogP contribution in [0.3, 0.4) is 0 Å². The minimum absolute atomic E-state index is 0.0992. The highest BCUT2D eigenvalue weighted by Crippen LogP contribution is 2.19. The smallest absolute Gasteiger partial charge is 0.254 e. The minimum atomic E-state index is -0.0992. The van der Waals surface area contributed by atoms with E-state index in [1.165, 1.54) is 19.3 Å². The van der Waals surface area contributed by atoms with Gasteiger partial charge in [-0.05, 0) is 37.1 Å². The van der Waals surface area contributed by atoms with Gasteiger partial charge < -0.3 is 15.4 Å². The van der Waals surface area contributed by atoms with Crippen LogP contribution in [0.25, 0.3) is 0 Å². The van der Waals surface area contributed by atoms with Crippen LogP contribution >= 0.6 is 0 Å². The van der Waals surface area contributed by atoms with Gasteiger partial charge in [0.2, 0.25) is 5.95 Å². The Morgan fingerprint density at radius 2 is 1.75 bits per heavy atom. The van der Waals surface area contributed by atoms with Gasteiger partial charge in [0.1, 0.15) is 5.75 Å². The molecule has 24 heavy (non-hydrogen) atoms. The molecule has 2 N–H and O–H groups in total. The standard InChI is InChI=1S/C18H22N4O2/c1-24-16-9-7-15(8-10-16)22-18-19-11-13(12-20-18)17(23)21-14-5-3-2-4-6-14/h7-12,14H,2-6H2,1H3,(H,21,23)(H,19,20,22). The van der Waals surface area contributed by atoms with E-state index in [9.17, 15) is 4.79 Å². The summed E-state index contributed by atoms with van der Waals surface area (Å²) < 4.78 is 5.12. The SMILES string of the molecule is COc1ccc(Nc2ncc(C(=O)NC3CCCCC3)cn2)cc1. The van der Waals surface area contributed by atoms with Gasteiger partial charge in [-0.15, -0.1) is 0 Å². The van der Waals surface area contributed by atoms with Crippen molar-refractivity contribution in [1.82, 2.24) is 15.3 Å². The molecule has 1 aromatic carbocycles. The van der Waals surface area contributed by atoms with Crippen LogP contribution in [0.5, 0.6) is 5.75 Å². The van der Waals surface area contributed by atoms with Crippen molar-refractivity contribution in [2.24, 2.45) is 0 Å². The summed E-state index contributed by atoms with van der Waals surface area (Å²) in [5, 5.41) is 6.16. The van der Waals surface area contributed by atoms with Crippen LogP contribution < -0.4 is 15.4 Å². The van der Waals surface area contributed by atoms with Crippen molar-refractivity contribution in [3.63, 3.8) is 0 Å². The number of ether oxygens (including phenoxy) is 1. The highest BCUT2D eigenvalue weighted by Gasteiger charge is 2.17. The molecular formula is C18H22N4O2. The van der Waals surface area contributed by atoms with Gasteiger partial charge in [-0.3, -0.25) is 4.79 Å². The molecule has 0 radical (unpaired) electrons. The van der Waals surface area contributed by atoms with E-state index < -0.39 is 0 Å². The number of nitrogens with zero attached hydrogens (tertiary/aromatic N) is 2. The first-order valence-electron chi connectivity index (χ1n) is 8.28. The van der Waals surface area contributed by atoms with Crippen LogP contribution in [0.1, 0.15) is 42.5 Å². The maximum absolute atomic E-state index is 12.2. The third kappa shape index (κ3) is 4.22. The number of anilines is 2. The molecular weight excluding hydrogens is 304 g/mol. The summed E-state index contributed by atoms with van der Waals surface area (Å²) in [6, 6.07) is 7.75. The van der Waals surface area contributed by atoms with Gasteiger partial charge in [-0.1, -0.05) is 19.3 Å². The van der Waals surface area contributed by atoms with E-state index in [1.54, 1.807) is 19.5 Å². The normalized spacial score (nSPS) is 14.9. The number of carbonyl (C=O) groups excluding carboxylic acids is 1. The number of methoxy groups -OCH3 is 1. The lowest BCUT2D eigenvalue weighted by Crippen LogP contribution is -2.36. The Labute approximate surface area is 141 Å². The van der Waals surface area contributed by atoms with Gasteiger partial charge in [0.05, 0.1) is 12.7 Å². The Kier molecular flexibility index (Phi) is 5.25. The molecule has 1 aromatic heterocycles. The van der Waals surface area contributed by atoms with Gasteiger partial charge in [0.25, 0.3) is 5.91 Å². The molecule has 1 heterocycles. The topological polar surface area (TPSA) is 76.1 Å². The number of aromatic nitrogens is 2. The van der Waals surface area contributed by atoms with Crippen molar-refractivity contribution in [3.8, 4) is 5.75 Å². The maximum Gasteiger partial charge on any atom is 0.254 e. The summed E-state index contributed by atoms with van der Waals surface area (Å²) in [4.78, 5) is 20.7. The molecule has 2 aromatic rings. The fraction of sp³-hybridized carbons (Fsp3) is 0.389. The number of hydrogen-bond donors (Lipinski definition) is 2. The molecule has 1 amide bonds. The summed E-state index contributed by atoms with van der Waals surface area (Å²) in [7, 11) is 1.63. The summed E-state index contributed by atoms with van der Waals surface area (Å²) in [6.07, 6.45) is 8.86. The first-order valence-corrected chi connectivity index (χ1v) is 8.28. The Morgan fingerprint density at radius 3 is 2.38 bits per heavy atom. The molecule has 0 saturated heterocycles. The van der Waals surface area contributed by atoms with Crippen LogP contribution in [-0.2, 0) is 0 Å². The molecule has 3 rings (SSSR count). The lowest BCUT2D eigenvalue weighted by Gasteiger charge is -2.22. The van der Waals surface area contributed by atoms with E-state index in [-0.39, 0.29) is 11.9 Å². The molecule has 1 fully saturated rings. The maximum atomic E-state index is 12.2. The first kappa shape index (κ1) is 16.2. The quantitative estimate of drug-likeness (QED) is 0.882. The lowest BCUT2D eigenvalue weighted by molar-refractivity contribution is 0.0927. The van der Waals surface area contributed by atoms with E-state index in [2.05, 4.69) is 20.6 Å². The highest BCUT2D eigenvalue weighted by atomic mass is 16.5. The largest absolute Gasteiger partial charge is 0.497 e. The van der Waals surface area contributed by atoms with Gasteiger partial charge in [0.15, 0.2) is 0 Å². The molecule has 126 valence electrons. The minimum Gasteiger partial charge on any atom is -0.497 e. The fourth-order valence-corrected chi connectivity index (χ4v) is 2.83. The monoisotopic (exact) mass is 326 g/mol. The Hall–Kier alpha value is -2.63. The van der Waals surface area contributed by atoms with Crippen molar-refractivity contribution in [1.29, 1.82) is 0 Å². The molecule has 0 spiro atoms. The molecule has 0 bridgehead atoms. The molecule has 0 unspecified atom stereocenters. The predicted octanol–water partition coefficient (Wildman–Crippen LogP) is 3.29. The zero-order valence-electron chi connectivity index (χ0n) is 13.8. The van der Waals surface area contributed by atoms with Gasteiger partial charge in [-0.25, -0.2) is 9.97 Å². The zero-order chi connectivity index (χ0) is 16.8. The summed E-state index contributed by atoms with van der Waals surface area (Å²) in [5.74, 6) is 1.14. The number of amides is 1. The number of benzene rings is 1. The molecule has 1 aliphatic carbocycles. The van der Waals surface area contributed by atoms with Crippen LogP contribution in [-0.4, -0.2) is 29.0 Å². The lowest BCUT2D eigenvalue weighted by atomic mass is 9.95. The Balaban J connectivity index is 1.58. The molecule has 1 saturated carbocycles. The van der Waals surface area contributed by atoms with Crippen molar-refractivity contribution < 1.29 is 9.53 Å². The predicted molar refractivity (Wildman–Crippen MR) is 92.6 cm³/mol. The van der Waals surface area contributed by atoms with Crippen LogP contribution in [0, 0.1) is 0 Å². The van der Waals surface area contributed by atoms with Gasteiger partial charge in [0, 0.05) is 24.1 Å². The number of nitrogens with one attached hydrogen (secondary N) is 2. The van der Waals surface area contributed by atoms with Crippen LogP contribution in [0.4, 0.5) is 11.6 Å². The summed E-state index contributed by atoms with van der Waals surface area (Å²) in [5.41, 5.74) is 1.34. The van der Waals surface area contributed by atoms with E-state index in [4.69, 9.17) is 4.74 Å². The Morgan fingerprint density at radius 1 is 1.08 bits per heavy atom.